The molecule has 0 bridgehead atoms. The number of carbonyl (C=O) groups is 1. The molecule has 0 atom stereocenters. The van der Waals surface area contributed by atoms with Crippen molar-refractivity contribution in [2.45, 2.75) is 32.4 Å². The molecule has 0 amide bonds. The number of nitrogens with two attached hydrogens (primary N) is 2. The number of carboxylic acid groups (broad SMARTS) is 1. The van der Waals surface area contributed by atoms with Crippen LogP contribution in [0.4, 0.5) is 5.69 Å². The van der Waals surface area contributed by atoms with Crippen LogP contribution >= 0.6 is 0 Å². The topological polar surface area (TPSA) is 205 Å². The maximum atomic E-state index is 13.5. The van der Waals surface area contributed by atoms with Crippen LogP contribution in [0.2, 0.25) is 0 Å². The van der Waals surface area contributed by atoms with Crippen molar-refractivity contribution in [1.82, 2.24) is 14.7 Å². The van der Waals surface area contributed by atoms with Gasteiger partial charge in [-0.3, -0.25) is 15.1 Å². The Morgan fingerprint density at radius 1 is 1.12 bits per heavy atom. The summed E-state index contributed by atoms with van der Waals surface area (Å²) in [5, 5.41) is 29.7. The number of rotatable bonds is 7. The van der Waals surface area contributed by atoms with E-state index in [1.807, 2.05) is 0 Å². The quantitative estimate of drug-likeness (QED) is 0.205. The standard InChI is InChI=1S/C27H30N8O5S/c1-16-11-20(35(32-16)19-4-2-3-17(12-19)25(28)29)15-34-23-6-5-22(40-21-7-9-33(10-8-21)27(30)31)13-18(23)14-24(26(36)37)41(34,38)39/h2-6,11-14,21H,7-10,15H2,1H3,(H3,28,29)(H3,30,31)(H,36,37). The van der Waals surface area contributed by atoms with Gasteiger partial charge in [-0.25, -0.2) is 17.9 Å². The second-order valence-corrected chi connectivity index (χ2v) is 11.7. The number of aromatic nitrogens is 2. The maximum absolute atomic E-state index is 13.5. The van der Waals surface area contributed by atoms with E-state index in [4.69, 9.17) is 27.0 Å². The summed E-state index contributed by atoms with van der Waals surface area (Å²) in [5.41, 5.74) is 14.1. The van der Waals surface area contributed by atoms with E-state index in [0.717, 1.165) is 10.4 Å². The fourth-order valence-electron chi connectivity index (χ4n) is 5.00. The number of anilines is 1. The number of hydrogen-bond acceptors (Lipinski definition) is 7. The lowest BCUT2D eigenvalue weighted by Gasteiger charge is -2.33. The van der Waals surface area contributed by atoms with E-state index in [2.05, 4.69) is 5.10 Å². The maximum Gasteiger partial charge on any atom is 0.349 e. The molecule has 2 aliphatic rings. The minimum Gasteiger partial charge on any atom is -0.490 e. The van der Waals surface area contributed by atoms with Crippen LogP contribution in [0.5, 0.6) is 5.75 Å². The summed E-state index contributed by atoms with van der Waals surface area (Å²) in [6, 6.07) is 13.5. The van der Waals surface area contributed by atoms with Crippen LogP contribution in [0.3, 0.4) is 0 Å². The normalized spacial score (nSPS) is 16.6. The van der Waals surface area contributed by atoms with Crippen molar-refractivity contribution in [2.24, 2.45) is 11.5 Å². The summed E-state index contributed by atoms with van der Waals surface area (Å²) in [6.45, 7) is 2.74. The Morgan fingerprint density at radius 3 is 2.51 bits per heavy atom. The molecule has 214 valence electrons. The van der Waals surface area contributed by atoms with Gasteiger partial charge in [-0.1, -0.05) is 12.1 Å². The van der Waals surface area contributed by atoms with Gasteiger partial charge >= 0.3 is 5.97 Å². The van der Waals surface area contributed by atoms with Crippen LogP contribution in [0, 0.1) is 17.7 Å². The van der Waals surface area contributed by atoms with Crippen LogP contribution in [0.25, 0.3) is 11.8 Å². The Balaban J connectivity index is 1.49. The van der Waals surface area contributed by atoms with Gasteiger partial charge in [0, 0.05) is 37.1 Å². The average Bonchev–Trinajstić information content (AvgIpc) is 3.30. The number of sulfonamides is 1. The predicted molar refractivity (Wildman–Crippen MR) is 154 cm³/mol. The molecule has 3 heterocycles. The molecule has 0 aliphatic carbocycles. The number of piperidine rings is 1. The van der Waals surface area contributed by atoms with Crippen molar-refractivity contribution in [2.75, 3.05) is 17.4 Å². The van der Waals surface area contributed by atoms with Crippen molar-refractivity contribution in [1.29, 1.82) is 10.8 Å². The Labute approximate surface area is 236 Å². The minimum absolute atomic E-state index is 0.0213. The molecule has 2 aliphatic heterocycles. The lowest BCUT2D eigenvalue weighted by atomic mass is 10.1. The lowest BCUT2D eigenvalue weighted by molar-refractivity contribution is -0.131. The highest BCUT2D eigenvalue weighted by Crippen LogP contribution is 2.38. The van der Waals surface area contributed by atoms with Gasteiger partial charge in [0.25, 0.3) is 10.0 Å². The van der Waals surface area contributed by atoms with E-state index >= 15 is 0 Å². The van der Waals surface area contributed by atoms with Crippen LogP contribution in [-0.4, -0.2) is 65.2 Å². The first-order valence-corrected chi connectivity index (χ1v) is 14.3. The van der Waals surface area contributed by atoms with Gasteiger partial charge in [0.05, 0.1) is 29.3 Å². The molecule has 1 fully saturated rings. The second kappa shape index (κ2) is 10.6. The van der Waals surface area contributed by atoms with E-state index in [0.29, 0.717) is 65.6 Å². The number of nitrogen functional groups attached to an aromatic ring is 1. The minimum atomic E-state index is -4.42. The number of hydrogen-bond donors (Lipinski definition) is 5. The number of aliphatic carboxylic acids is 1. The fourth-order valence-corrected chi connectivity index (χ4v) is 6.46. The lowest BCUT2D eigenvalue weighted by Crippen LogP contribution is -2.44. The monoisotopic (exact) mass is 578 g/mol. The van der Waals surface area contributed by atoms with Crippen molar-refractivity contribution in [3.8, 4) is 11.4 Å². The molecule has 14 heteroatoms. The third kappa shape index (κ3) is 5.45. The summed E-state index contributed by atoms with van der Waals surface area (Å²) in [7, 11) is -4.42. The molecule has 13 nitrogen and oxygen atoms in total. The molecule has 3 aromatic rings. The Morgan fingerprint density at radius 2 is 1.85 bits per heavy atom. The summed E-state index contributed by atoms with van der Waals surface area (Å²) >= 11 is 0. The molecule has 0 spiro atoms. The molecular weight excluding hydrogens is 548 g/mol. The zero-order valence-corrected chi connectivity index (χ0v) is 23.1. The van der Waals surface area contributed by atoms with Crippen molar-refractivity contribution < 1.29 is 23.1 Å². The Hall–Kier alpha value is -4.85. The van der Waals surface area contributed by atoms with Gasteiger partial charge in [0.15, 0.2) is 10.9 Å². The van der Waals surface area contributed by atoms with Crippen molar-refractivity contribution >= 4 is 39.6 Å². The van der Waals surface area contributed by atoms with E-state index in [-0.39, 0.29) is 24.4 Å². The number of likely N-dealkylation sites (tertiary alicyclic amines) is 1. The zero-order chi connectivity index (χ0) is 29.5. The molecule has 41 heavy (non-hydrogen) atoms. The smallest absolute Gasteiger partial charge is 0.349 e. The molecule has 5 rings (SSSR count). The summed E-state index contributed by atoms with van der Waals surface area (Å²) in [6.07, 6.45) is 2.33. The molecule has 0 radical (unpaired) electrons. The predicted octanol–water partition coefficient (Wildman–Crippen LogP) is 1.98. The summed E-state index contributed by atoms with van der Waals surface area (Å²) in [4.78, 5) is 13.1. The number of nitrogens with one attached hydrogen (secondary N) is 2. The highest BCUT2D eigenvalue weighted by Gasteiger charge is 2.37. The van der Waals surface area contributed by atoms with Crippen LogP contribution < -0.4 is 20.5 Å². The van der Waals surface area contributed by atoms with Crippen molar-refractivity contribution in [3.63, 3.8) is 0 Å². The van der Waals surface area contributed by atoms with Crippen LogP contribution in [0.1, 0.15) is 35.4 Å². The first-order chi connectivity index (χ1) is 19.4. The summed E-state index contributed by atoms with van der Waals surface area (Å²) in [5.74, 6) is -1.19. The average molecular weight is 579 g/mol. The van der Waals surface area contributed by atoms with Gasteiger partial charge in [-0.05, 0) is 49.4 Å². The number of aryl methyl sites for hydroxylation is 1. The number of guanidine groups is 1. The van der Waals surface area contributed by atoms with Gasteiger partial charge in [-0.2, -0.15) is 5.10 Å². The number of amidine groups is 1. The largest absolute Gasteiger partial charge is 0.490 e. The molecule has 2 aromatic carbocycles. The molecule has 0 saturated carbocycles. The zero-order valence-electron chi connectivity index (χ0n) is 22.2. The van der Waals surface area contributed by atoms with Gasteiger partial charge in [-0.15, -0.1) is 0 Å². The molecule has 7 N–H and O–H groups in total. The first-order valence-electron chi connectivity index (χ1n) is 12.8. The Kier molecular flexibility index (Phi) is 7.17. The Bertz CT molecular complexity index is 1690. The van der Waals surface area contributed by atoms with Crippen molar-refractivity contribution in [3.05, 3.63) is 76.0 Å². The first kappa shape index (κ1) is 27.7. The molecule has 0 unspecified atom stereocenters. The van der Waals surface area contributed by atoms with Crippen LogP contribution in [0.15, 0.2) is 53.4 Å². The van der Waals surface area contributed by atoms with Crippen LogP contribution in [-0.2, 0) is 21.4 Å². The van der Waals surface area contributed by atoms with Gasteiger partial charge in [0.1, 0.15) is 17.7 Å². The van der Waals surface area contributed by atoms with E-state index in [1.165, 1.54) is 0 Å². The second-order valence-electron chi connectivity index (χ2n) is 9.89. The highest BCUT2D eigenvalue weighted by atomic mass is 32.2. The fraction of sp³-hybridized carbons (Fsp3) is 0.259. The molecule has 1 aromatic heterocycles. The number of nitrogens with zero attached hydrogens (tertiary/aromatic N) is 4. The highest BCUT2D eigenvalue weighted by molar-refractivity contribution is 7.97. The SMILES string of the molecule is Cc1cc(CN2c3ccc(OC4CCN(C(=N)N)CC4)cc3C=C(C(=O)O)S2(=O)=O)n(-c2cccc(C(=N)N)c2)n1. The third-order valence-corrected chi connectivity index (χ3v) is 8.79. The van der Waals surface area contributed by atoms with E-state index in [9.17, 15) is 18.3 Å². The van der Waals surface area contributed by atoms with Gasteiger partial charge < -0.3 is 26.2 Å². The van der Waals surface area contributed by atoms with Gasteiger partial charge in [0.2, 0.25) is 0 Å². The number of benzene rings is 2. The number of carboxylic acids is 1. The molecule has 1 saturated heterocycles. The van der Waals surface area contributed by atoms with E-state index < -0.39 is 20.9 Å². The number of ether oxygens (including phenoxy) is 1. The number of fused-ring (bicyclic) bond motifs is 1. The summed E-state index contributed by atoms with van der Waals surface area (Å²) < 4.78 is 35.8. The third-order valence-electron chi connectivity index (χ3n) is 7.03. The molecular formula is C27H30N8O5S. The van der Waals surface area contributed by atoms with E-state index in [1.54, 1.807) is 65.0 Å².